The lowest BCUT2D eigenvalue weighted by atomic mass is 10.4. The van der Waals surface area contributed by atoms with Gasteiger partial charge >= 0.3 is 0 Å². The second-order valence-electron chi connectivity index (χ2n) is 3.66. The Morgan fingerprint density at radius 2 is 1.85 bits per heavy atom. The topological polar surface area (TPSA) is 29.1 Å². The van der Waals surface area contributed by atoms with Gasteiger partial charge in [-0.1, -0.05) is 27.2 Å². The number of hydrogen-bond donors (Lipinski definition) is 1. The molecule has 13 heavy (non-hydrogen) atoms. The molecule has 0 aliphatic carbocycles. The third-order valence-electron chi connectivity index (χ3n) is 1.83. The Hall–Kier alpha value is 0.110. The molecule has 0 saturated carbocycles. The van der Waals surface area contributed by atoms with Gasteiger partial charge in [0.15, 0.2) is 0 Å². The van der Waals surface area contributed by atoms with Gasteiger partial charge in [0.25, 0.3) is 0 Å². The average molecular weight is 205 g/mol. The van der Waals surface area contributed by atoms with Crippen molar-refractivity contribution in [2.24, 2.45) is 0 Å². The molecule has 0 bridgehead atoms. The summed E-state index contributed by atoms with van der Waals surface area (Å²) in [4.78, 5) is 0. The molecule has 0 saturated heterocycles. The quantitative estimate of drug-likeness (QED) is 0.613. The minimum absolute atomic E-state index is 0.545. The molecule has 0 amide bonds. The highest BCUT2D eigenvalue weighted by Gasteiger charge is 1.98. The summed E-state index contributed by atoms with van der Waals surface area (Å²) in [5.74, 6) is 1.75. The SMILES string of the molecule is CCCCS(=O)CCCNC(C)C. The first kappa shape index (κ1) is 13.1. The van der Waals surface area contributed by atoms with Crippen molar-refractivity contribution >= 4 is 10.8 Å². The number of hydrogen-bond acceptors (Lipinski definition) is 2. The highest BCUT2D eigenvalue weighted by Crippen LogP contribution is 1.94. The van der Waals surface area contributed by atoms with Crippen molar-refractivity contribution < 1.29 is 4.21 Å². The Labute approximate surface area is 84.9 Å². The lowest BCUT2D eigenvalue weighted by Gasteiger charge is -2.07. The van der Waals surface area contributed by atoms with Gasteiger partial charge < -0.3 is 5.32 Å². The van der Waals surface area contributed by atoms with Gasteiger partial charge in [0.2, 0.25) is 0 Å². The van der Waals surface area contributed by atoms with Crippen LogP contribution in [0.15, 0.2) is 0 Å². The summed E-state index contributed by atoms with van der Waals surface area (Å²) < 4.78 is 11.3. The standard InChI is InChI=1S/C10H23NOS/c1-4-5-8-13(12)9-6-7-11-10(2)3/h10-11H,4-9H2,1-3H3. The van der Waals surface area contributed by atoms with Crippen LogP contribution < -0.4 is 5.32 Å². The summed E-state index contributed by atoms with van der Waals surface area (Å²) >= 11 is 0. The summed E-state index contributed by atoms with van der Waals surface area (Å²) in [6, 6.07) is 0.545. The van der Waals surface area contributed by atoms with Crippen LogP contribution in [-0.2, 0) is 10.8 Å². The lowest BCUT2D eigenvalue weighted by molar-refractivity contribution is 0.583. The van der Waals surface area contributed by atoms with Crippen molar-refractivity contribution in [3.8, 4) is 0 Å². The summed E-state index contributed by atoms with van der Waals surface area (Å²) in [7, 11) is -0.575. The van der Waals surface area contributed by atoms with Crippen LogP contribution in [0.25, 0.3) is 0 Å². The van der Waals surface area contributed by atoms with E-state index in [1.807, 2.05) is 0 Å². The maximum Gasteiger partial charge on any atom is 0.0246 e. The van der Waals surface area contributed by atoms with Crippen molar-refractivity contribution in [1.82, 2.24) is 5.32 Å². The molecule has 1 atom stereocenters. The molecular formula is C10H23NOS. The molecular weight excluding hydrogens is 182 g/mol. The third kappa shape index (κ3) is 10.0. The lowest BCUT2D eigenvalue weighted by Crippen LogP contribution is -2.24. The molecule has 0 aromatic heterocycles. The van der Waals surface area contributed by atoms with Crippen molar-refractivity contribution in [3.05, 3.63) is 0 Å². The van der Waals surface area contributed by atoms with E-state index in [1.165, 1.54) is 0 Å². The first-order valence-corrected chi connectivity index (χ1v) is 6.74. The maximum atomic E-state index is 11.3. The van der Waals surface area contributed by atoms with E-state index in [-0.39, 0.29) is 0 Å². The Balaban J connectivity index is 3.17. The van der Waals surface area contributed by atoms with Gasteiger partial charge in [-0.3, -0.25) is 4.21 Å². The van der Waals surface area contributed by atoms with Crippen LogP contribution in [0.2, 0.25) is 0 Å². The predicted molar refractivity (Wildman–Crippen MR) is 60.5 cm³/mol. The van der Waals surface area contributed by atoms with Crippen LogP contribution in [-0.4, -0.2) is 28.3 Å². The largest absolute Gasteiger partial charge is 0.315 e. The Bertz CT molecular complexity index is 137. The number of nitrogens with one attached hydrogen (secondary N) is 1. The van der Waals surface area contributed by atoms with E-state index >= 15 is 0 Å². The van der Waals surface area contributed by atoms with Gasteiger partial charge in [-0.25, -0.2) is 0 Å². The van der Waals surface area contributed by atoms with Crippen molar-refractivity contribution in [2.75, 3.05) is 18.1 Å². The van der Waals surface area contributed by atoms with Crippen LogP contribution >= 0.6 is 0 Å². The van der Waals surface area contributed by atoms with Gasteiger partial charge in [0, 0.05) is 28.3 Å². The third-order valence-corrected chi connectivity index (χ3v) is 3.31. The summed E-state index contributed by atoms with van der Waals surface area (Å²) in [6.07, 6.45) is 3.29. The smallest absolute Gasteiger partial charge is 0.0246 e. The van der Waals surface area contributed by atoms with Crippen LogP contribution in [0.5, 0.6) is 0 Å². The fourth-order valence-corrected chi connectivity index (χ4v) is 2.31. The van der Waals surface area contributed by atoms with E-state index in [0.717, 1.165) is 37.3 Å². The minimum atomic E-state index is -0.575. The van der Waals surface area contributed by atoms with E-state index in [9.17, 15) is 4.21 Å². The highest BCUT2D eigenvalue weighted by molar-refractivity contribution is 7.84. The summed E-state index contributed by atoms with van der Waals surface area (Å²) in [5, 5.41) is 3.32. The molecule has 0 heterocycles. The molecule has 1 unspecified atom stereocenters. The van der Waals surface area contributed by atoms with E-state index in [4.69, 9.17) is 0 Å². The van der Waals surface area contributed by atoms with Crippen molar-refractivity contribution in [1.29, 1.82) is 0 Å². The second kappa shape index (κ2) is 8.70. The molecule has 80 valence electrons. The Kier molecular flexibility index (Phi) is 8.77. The Morgan fingerprint density at radius 3 is 2.38 bits per heavy atom. The van der Waals surface area contributed by atoms with Gasteiger partial charge in [0.1, 0.15) is 0 Å². The highest BCUT2D eigenvalue weighted by atomic mass is 32.2. The molecule has 1 N–H and O–H groups in total. The second-order valence-corrected chi connectivity index (χ2v) is 5.36. The molecule has 2 nitrogen and oxygen atoms in total. The van der Waals surface area contributed by atoms with E-state index in [0.29, 0.717) is 6.04 Å². The molecule has 0 spiro atoms. The van der Waals surface area contributed by atoms with Crippen LogP contribution in [0, 0.1) is 0 Å². The molecule has 0 aliphatic rings. The zero-order valence-corrected chi connectivity index (χ0v) is 9.95. The van der Waals surface area contributed by atoms with Gasteiger partial charge in [0.05, 0.1) is 0 Å². The molecule has 0 aromatic carbocycles. The average Bonchev–Trinajstić information content (AvgIpc) is 2.08. The maximum absolute atomic E-state index is 11.3. The number of unbranched alkanes of at least 4 members (excludes halogenated alkanes) is 1. The summed E-state index contributed by atoms with van der Waals surface area (Å²) in [6.45, 7) is 7.40. The summed E-state index contributed by atoms with van der Waals surface area (Å²) in [5.41, 5.74) is 0. The molecule has 0 fully saturated rings. The van der Waals surface area contributed by atoms with Crippen molar-refractivity contribution in [3.63, 3.8) is 0 Å². The van der Waals surface area contributed by atoms with Gasteiger partial charge in [-0.15, -0.1) is 0 Å². The fourth-order valence-electron chi connectivity index (χ4n) is 1.03. The van der Waals surface area contributed by atoms with E-state index in [1.54, 1.807) is 0 Å². The van der Waals surface area contributed by atoms with Crippen LogP contribution in [0.4, 0.5) is 0 Å². The van der Waals surface area contributed by atoms with Crippen LogP contribution in [0.1, 0.15) is 40.0 Å². The first-order valence-electron chi connectivity index (χ1n) is 5.25. The molecule has 3 heteroatoms. The Morgan fingerprint density at radius 1 is 1.23 bits per heavy atom. The molecule has 0 rings (SSSR count). The van der Waals surface area contributed by atoms with Gasteiger partial charge in [-0.05, 0) is 19.4 Å². The monoisotopic (exact) mass is 205 g/mol. The van der Waals surface area contributed by atoms with Crippen LogP contribution in [0.3, 0.4) is 0 Å². The molecule has 0 aliphatic heterocycles. The molecule has 0 aromatic rings. The molecule has 0 radical (unpaired) electrons. The normalized spacial score (nSPS) is 13.5. The minimum Gasteiger partial charge on any atom is -0.315 e. The zero-order valence-electron chi connectivity index (χ0n) is 9.14. The van der Waals surface area contributed by atoms with E-state index in [2.05, 4.69) is 26.1 Å². The van der Waals surface area contributed by atoms with Crippen molar-refractivity contribution in [2.45, 2.75) is 46.1 Å². The fraction of sp³-hybridized carbons (Fsp3) is 1.00. The predicted octanol–water partition coefficient (Wildman–Crippen LogP) is 1.92. The van der Waals surface area contributed by atoms with E-state index < -0.39 is 10.8 Å². The zero-order chi connectivity index (χ0) is 10.1. The number of rotatable bonds is 8. The van der Waals surface area contributed by atoms with Gasteiger partial charge in [-0.2, -0.15) is 0 Å². The first-order chi connectivity index (χ1) is 6.16.